The number of aliphatic imine (C=N–C) groups is 1. The number of methoxy groups -OCH3 is 1. The molecule has 1 aliphatic carbocycles. The van der Waals surface area contributed by atoms with Crippen molar-refractivity contribution in [3.8, 4) is 0 Å². The molecule has 3 atom stereocenters. The first-order chi connectivity index (χ1) is 11.5. The van der Waals surface area contributed by atoms with Crippen molar-refractivity contribution in [2.24, 2.45) is 16.8 Å². The molecule has 0 aromatic carbocycles. The highest BCUT2D eigenvalue weighted by Crippen LogP contribution is 2.41. The van der Waals surface area contributed by atoms with Crippen molar-refractivity contribution in [2.45, 2.75) is 38.0 Å². The van der Waals surface area contributed by atoms with Crippen LogP contribution in [0.3, 0.4) is 0 Å². The van der Waals surface area contributed by atoms with Crippen LogP contribution in [-0.2, 0) is 9.47 Å². The molecule has 0 amide bonds. The van der Waals surface area contributed by atoms with Gasteiger partial charge in [-0.3, -0.25) is 4.99 Å². The van der Waals surface area contributed by atoms with E-state index in [9.17, 15) is 13.2 Å². The van der Waals surface area contributed by atoms with Crippen molar-refractivity contribution in [1.29, 1.82) is 0 Å². The Morgan fingerprint density at radius 2 is 2.08 bits per heavy atom. The van der Waals surface area contributed by atoms with Crippen LogP contribution in [0.2, 0.25) is 0 Å². The molecule has 0 radical (unpaired) electrons. The Bertz CT molecular complexity index is 416. The summed E-state index contributed by atoms with van der Waals surface area (Å²) in [6.45, 7) is 2.66. The zero-order chi connectivity index (χ0) is 17.6. The fraction of sp³-hybridized carbons (Fsp3) is 0.938. The fourth-order valence-electron chi connectivity index (χ4n) is 3.64. The first-order valence-corrected chi connectivity index (χ1v) is 8.58. The third kappa shape index (κ3) is 5.24. The summed E-state index contributed by atoms with van der Waals surface area (Å²) >= 11 is 0. The third-order valence-corrected chi connectivity index (χ3v) is 4.85. The summed E-state index contributed by atoms with van der Waals surface area (Å²) < 4.78 is 50.3. The van der Waals surface area contributed by atoms with Gasteiger partial charge in [-0.2, -0.15) is 13.2 Å². The van der Waals surface area contributed by atoms with Crippen LogP contribution in [0, 0.1) is 11.8 Å². The van der Waals surface area contributed by atoms with E-state index in [1.54, 1.807) is 14.2 Å². The van der Waals surface area contributed by atoms with Crippen LogP contribution in [0.5, 0.6) is 0 Å². The summed E-state index contributed by atoms with van der Waals surface area (Å²) in [5.41, 5.74) is 0. The molecule has 0 aromatic heterocycles. The molecule has 1 N–H and O–H groups in total. The number of halogens is 3. The minimum Gasteiger partial charge on any atom is -0.382 e. The van der Waals surface area contributed by atoms with Crippen molar-refractivity contribution >= 4 is 5.96 Å². The summed E-state index contributed by atoms with van der Waals surface area (Å²) in [5.74, 6) is -0.944. The highest BCUT2D eigenvalue weighted by atomic mass is 19.4. The number of ether oxygens (including phenoxy) is 2. The van der Waals surface area contributed by atoms with Gasteiger partial charge in [-0.15, -0.1) is 0 Å². The summed E-state index contributed by atoms with van der Waals surface area (Å²) in [4.78, 5) is 6.26. The molecule has 0 aromatic rings. The first kappa shape index (κ1) is 19.3. The van der Waals surface area contributed by atoms with Crippen LogP contribution in [0.25, 0.3) is 0 Å². The van der Waals surface area contributed by atoms with Gasteiger partial charge in [0.15, 0.2) is 5.96 Å². The number of hydrogen-bond donors (Lipinski definition) is 1. The summed E-state index contributed by atoms with van der Waals surface area (Å²) in [6.07, 6.45) is -1.77. The van der Waals surface area contributed by atoms with Gasteiger partial charge >= 0.3 is 6.18 Å². The van der Waals surface area contributed by atoms with E-state index >= 15 is 0 Å². The molecule has 24 heavy (non-hydrogen) atoms. The minimum absolute atomic E-state index is 0.0418. The number of alkyl halides is 3. The van der Waals surface area contributed by atoms with Gasteiger partial charge in [-0.25, -0.2) is 0 Å². The second-order valence-corrected chi connectivity index (χ2v) is 6.51. The molecule has 140 valence electrons. The smallest absolute Gasteiger partial charge is 0.382 e. The molecule has 5 nitrogen and oxygen atoms in total. The van der Waals surface area contributed by atoms with Gasteiger partial charge in [0.1, 0.15) is 0 Å². The van der Waals surface area contributed by atoms with Crippen molar-refractivity contribution < 1.29 is 22.6 Å². The lowest BCUT2D eigenvalue weighted by Gasteiger charge is -2.37. The monoisotopic (exact) mass is 351 g/mol. The molecule has 2 aliphatic rings. The lowest BCUT2D eigenvalue weighted by Crippen LogP contribution is -2.52. The molecule has 1 aliphatic heterocycles. The van der Waals surface area contributed by atoms with Gasteiger partial charge in [0.2, 0.25) is 0 Å². The van der Waals surface area contributed by atoms with Gasteiger partial charge in [-0.1, -0.05) is 12.8 Å². The first-order valence-electron chi connectivity index (χ1n) is 8.58. The molecule has 1 saturated carbocycles. The standard InChI is InChI=1S/C16H28F3N3O2/c1-20-15(22-7-8-24-13(10-22)11-23-2)21-9-12-5-3-4-6-14(12)16(17,18)19/h12-14H,3-11H2,1-2H3,(H,20,21). The molecule has 3 unspecified atom stereocenters. The number of nitrogens with one attached hydrogen (secondary N) is 1. The summed E-state index contributed by atoms with van der Waals surface area (Å²) in [5, 5.41) is 3.15. The van der Waals surface area contributed by atoms with Crippen molar-refractivity contribution in [1.82, 2.24) is 10.2 Å². The predicted octanol–water partition coefficient (Wildman–Crippen LogP) is 2.28. The maximum absolute atomic E-state index is 13.2. The number of rotatable bonds is 4. The molecule has 0 bridgehead atoms. The highest BCUT2D eigenvalue weighted by molar-refractivity contribution is 5.80. The molecular formula is C16H28F3N3O2. The maximum atomic E-state index is 13.2. The predicted molar refractivity (Wildman–Crippen MR) is 86.1 cm³/mol. The third-order valence-electron chi connectivity index (χ3n) is 4.85. The van der Waals surface area contributed by atoms with E-state index in [0.717, 1.165) is 6.42 Å². The van der Waals surface area contributed by atoms with E-state index in [1.807, 2.05) is 4.90 Å². The fourth-order valence-corrected chi connectivity index (χ4v) is 3.64. The minimum atomic E-state index is -4.11. The number of nitrogens with zero attached hydrogens (tertiary/aromatic N) is 2. The Hall–Kier alpha value is -1.02. The zero-order valence-electron chi connectivity index (χ0n) is 14.4. The van der Waals surface area contributed by atoms with Gasteiger partial charge in [0.05, 0.1) is 25.2 Å². The summed E-state index contributed by atoms with van der Waals surface area (Å²) in [6, 6.07) is 0. The van der Waals surface area contributed by atoms with Gasteiger partial charge in [0.25, 0.3) is 0 Å². The molecular weight excluding hydrogens is 323 g/mol. The average Bonchev–Trinajstić information content (AvgIpc) is 2.56. The van der Waals surface area contributed by atoms with Gasteiger partial charge in [0, 0.05) is 33.8 Å². The quantitative estimate of drug-likeness (QED) is 0.624. The number of hydrogen-bond acceptors (Lipinski definition) is 3. The van der Waals surface area contributed by atoms with Gasteiger partial charge in [-0.05, 0) is 18.8 Å². The van der Waals surface area contributed by atoms with Gasteiger partial charge < -0.3 is 19.7 Å². The van der Waals surface area contributed by atoms with Crippen LogP contribution in [0.15, 0.2) is 4.99 Å². The molecule has 0 spiro atoms. The second-order valence-electron chi connectivity index (χ2n) is 6.51. The van der Waals surface area contributed by atoms with E-state index < -0.39 is 12.1 Å². The Morgan fingerprint density at radius 1 is 1.33 bits per heavy atom. The Kier molecular flexibility index (Phi) is 7.16. The molecule has 8 heteroatoms. The summed E-state index contributed by atoms with van der Waals surface area (Å²) in [7, 11) is 3.28. The Balaban J connectivity index is 1.90. The van der Waals surface area contributed by atoms with E-state index in [1.165, 1.54) is 0 Å². The van der Waals surface area contributed by atoms with E-state index in [2.05, 4.69) is 10.3 Å². The van der Waals surface area contributed by atoms with E-state index in [0.29, 0.717) is 51.6 Å². The number of morpholine rings is 1. The lowest BCUT2D eigenvalue weighted by molar-refractivity contribution is -0.195. The van der Waals surface area contributed by atoms with E-state index in [-0.39, 0.29) is 18.4 Å². The SMILES string of the molecule is CN=C(NCC1CCCCC1C(F)(F)F)N1CCOC(COC)C1. The molecule has 2 fully saturated rings. The van der Waals surface area contributed by atoms with Crippen molar-refractivity contribution in [2.75, 3.05) is 47.0 Å². The van der Waals surface area contributed by atoms with Crippen LogP contribution in [0.1, 0.15) is 25.7 Å². The maximum Gasteiger partial charge on any atom is 0.392 e. The lowest BCUT2D eigenvalue weighted by atomic mass is 9.79. The van der Waals surface area contributed by atoms with Crippen LogP contribution in [0.4, 0.5) is 13.2 Å². The normalized spacial score (nSPS) is 29.6. The molecule has 1 heterocycles. The van der Waals surface area contributed by atoms with Crippen LogP contribution >= 0.6 is 0 Å². The Labute approximate surface area is 141 Å². The van der Waals surface area contributed by atoms with Crippen molar-refractivity contribution in [3.63, 3.8) is 0 Å². The molecule has 1 saturated heterocycles. The van der Waals surface area contributed by atoms with Crippen LogP contribution in [-0.4, -0.2) is 70.1 Å². The zero-order valence-corrected chi connectivity index (χ0v) is 14.4. The Morgan fingerprint density at radius 3 is 2.75 bits per heavy atom. The van der Waals surface area contributed by atoms with Crippen LogP contribution < -0.4 is 5.32 Å². The number of guanidine groups is 1. The van der Waals surface area contributed by atoms with Crippen molar-refractivity contribution in [3.05, 3.63) is 0 Å². The topological polar surface area (TPSA) is 46.1 Å². The highest BCUT2D eigenvalue weighted by Gasteiger charge is 2.45. The molecule has 2 rings (SSSR count). The average molecular weight is 351 g/mol. The van der Waals surface area contributed by atoms with E-state index in [4.69, 9.17) is 9.47 Å². The second kappa shape index (κ2) is 8.89. The largest absolute Gasteiger partial charge is 0.392 e.